The number of ether oxygens (including phenoxy) is 2. The van der Waals surface area contributed by atoms with Gasteiger partial charge < -0.3 is 25.0 Å². The van der Waals surface area contributed by atoms with Gasteiger partial charge in [-0.05, 0) is 52.2 Å². The predicted molar refractivity (Wildman–Crippen MR) is 155 cm³/mol. The number of tetrazole rings is 1. The number of carboxylic acids is 1. The van der Waals surface area contributed by atoms with Crippen LogP contribution in [-0.2, 0) is 25.7 Å². The third-order valence-electron chi connectivity index (χ3n) is 6.69. The quantitative estimate of drug-likeness (QED) is 0.199. The van der Waals surface area contributed by atoms with Crippen molar-refractivity contribution in [2.24, 2.45) is 0 Å². The van der Waals surface area contributed by atoms with Crippen LogP contribution in [-0.4, -0.2) is 54.2 Å². The first-order valence-electron chi connectivity index (χ1n) is 13.6. The van der Waals surface area contributed by atoms with Crippen LogP contribution < -0.4 is 5.32 Å². The van der Waals surface area contributed by atoms with Crippen LogP contribution in [0.4, 0.5) is 5.69 Å². The van der Waals surface area contributed by atoms with E-state index in [1.54, 1.807) is 16.8 Å². The fourth-order valence-corrected chi connectivity index (χ4v) is 5.49. The topological polar surface area (TPSA) is 149 Å². The maximum Gasteiger partial charge on any atom is 0.303 e. The number of hydrogen-bond acceptors (Lipinski definition) is 9. The van der Waals surface area contributed by atoms with Gasteiger partial charge in [0, 0.05) is 36.3 Å². The van der Waals surface area contributed by atoms with E-state index in [4.69, 9.17) is 14.6 Å². The summed E-state index contributed by atoms with van der Waals surface area (Å²) in [5.41, 5.74) is 3.95. The average Bonchev–Trinajstić information content (AvgIpc) is 3.49. The van der Waals surface area contributed by atoms with Crippen LogP contribution in [0.15, 0.2) is 84.0 Å². The van der Waals surface area contributed by atoms with E-state index in [2.05, 4.69) is 20.8 Å². The molecular weight excluding hydrogens is 558 g/mol. The summed E-state index contributed by atoms with van der Waals surface area (Å²) in [6.07, 6.45) is -0.294. The van der Waals surface area contributed by atoms with Gasteiger partial charge in [0.05, 0.1) is 24.5 Å². The van der Waals surface area contributed by atoms with Crippen molar-refractivity contribution in [1.82, 2.24) is 20.2 Å². The van der Waals surface area contributed by atoms with E-state index in [-0.39, 0.29) is 44.0 Å². The lowest BCUT2D eigenvalue weighted by Crippen LogP contribution is -2.31. The Morgan fingerprint density at radius 1 is 0.976 bits per heavy atom. The zero-order valence-electron chi connectivity index (χ0n) is 22.7. The molecule has 3 N–H and O–H groups in total. The molecule has 1 saturated heterocycles. The number of carboxylic acid groups (broad SMARTS) is 1. The second-order valence-electron chi connectivity index (χ2n) is 9.79. The molecule has 1 aliphatic heterocycles. The number of hydrogen-bond donors (Lipinski definition) is 3. The molecule has 2 heterocycles. The Morgan fingerprint density at radius 2 is 1.79 bits per heavy atom. The van der Waals surface area contributed by atoms with Crippen LogP contribution in [0.5, 0.6) is 0 Å². The van der Waals surface area contributed by atoms with Gasteiger partial charge in [0.2, 0.25) is 11.1 Å². The lowest BCUT2D eigenvalue weighted by atomic mass is 10.0. The minimum absolute atomic E-state index is 0.0399. The monoisotopic (exact) mass is 589 g/mol. The number of rotatable bonds is 12. The smallest absolute Gasteiger partial charge is 0.303 e. The van der Waals surface area contributed by atoms with Crippen molar-refractivity contribution in [3.8, 4) is 5.69 Å². The van der Waals surface area contributed by atoms with Crippen LogP contribution in [0.2, 0.25) is 0 Å². The standard InChI is InChI=1S/C30H31N5O6S/c36-18-20-12-14-21(15-13-20)26-17-25(19-42-30-32-33-34-35(30)24-8-2-1-3-9-24)40-29(41-26)22-6-4-7-23(16-22)31-27(37)10-5-11-28(38)39/h1-4,6-9,12-16,25-26,29,36H,5,10-11,17-19H2,(H,31,37)(H,38,39). The van der Waals surface area contributed by atoms with Gasteiger partial charge >= 0.3 is 5.97 Å². The van der Waals surface area contributed by atoms with Crippen molar-refractivity contribution >= 4 is 29.3 Å². The number of carbonyl (C=O) groups is 2. The molecular formula is C30H31N5O6S. The molecule has 1 fully saturated rings. The number of aliphatic carboxylic acids is 1. The van der Waals surface area contributed by atoms with Crippen molar-refractivity contribution in [2.75, 3.05) is 11.1 Å². The number of aromatic nitrogens is 4. The second kappa shape index (κ2) is 14.2. The zero-order chi connectivity index (χ0) is 29.3. The first kappa shape index (κ1) is 29.4. The van der Waals surface area contributed by atoms with Crippen molar-refractivity contribution in [3.05, 3.63) is 95.6 Å². The van der Waals surface area contributed by atoms with Crippen molar-refractivity contribution in [1.29, 1.82) is 0 Å². The van der Waals surface area contributed by atoms with E-state index in [1.807, 2.05) is 66.7 Å². The molecule has 1 amide bonds. The number of para-hydroxylation sites is 1. The largest absolute Gasteiger partial charge is 0.481 e. The van der Waals surface area contributed by atoms with Gasteiger partial charge in [-0.3, -0.25) is 9.59 Å². The Balaban J connectivity index is 1.32. The number of nitrogens with one attached hydrogen (secondary N) is 1. The molecule has 0 radical (unpaired) electrons. The number of thioether (sulfide) groups is 1. The fourth-order valence-electron chi connectivity index (χ4n) is 4.58. The molecule has 1 aromatic heterocycles. The number of anilines is 1. The highest BCUT2D eigenvalue weighted by molar-refractivity contribution is 7.99. The summed E-state index contributed by atoms with van der Waals surface area (Å²) in [6.45, 7) is -0.0399. The first-order chi connectivity index (χ1) is 20.5. The molecule has 12 heteroatoms. The molecule has 0 spiro atoms. The number of amides is 1. The molecule has 1 aliphatic rings. The van der Waals surface area contributed by atoms with Crippen LogP contribution >= 0.6 is 11.8 Å². The number of benzene rings is 3. The third-order valence-corrected chi connectivity index (χ3v) is 7.74. The molecule has 0 saturated carbocycles. The summed E-state index contributed by atoms with van der Waals surface area (Å²) in [5, 5.41) is 34.0. The van der Waals surface area contributed by atoms with Crippen LogP contribution in [0.1, 0.15) is 54.8 Å². The molecule has 218 valence electrons. The Kier molecular flexibility index (Phi) is 9.93. The van der Waals surface area contributed by atoms with Crippen LogP contribution in [0.3, 0.4) is 0 Å². The molecule has 11 nitrogen and oxygen atoms in total. The number of aliphatic hydroxyl groups excluding tert-OH is 1. The van der Waals surface area contributed by atoms with E-state index < -0.39 is 12.3 Å². The van der Waals surface area contributed by atoms with E-state index in [0.717, 1.165) is 22.4 Å². The van der Waals surface area contributed by atoms with Crippen molar-refractivity contribution in [3.63, 3.8) is 0 Å². The molecule has 5 rings (SSSR count). The zero-order valence-corrected chi connectivity index (χ0v) is 23.5. The summed E-state index contributed by atoms with van der Waals surface area (Å²) in [4.78, 5) is 23.1. The van der Waals surface area contributed by atoms with Crippen molar-refractivity contribution < 1.29 is 29.3 Å². The maximum absolute atomic E-state index is 12.3. The average molecular weight is 590 g/mol. The summed E-state index contributed by atoms with van der Waals surface area (Å²) in [7, 11) is 0. The summed E-state index contributed by atoms with van der Waals surface area (Å²) < 4.78 is 14.5. The number of aliphatic hydroxyl groups is 1. The van der Waals surface area contributed by atoms with Crippen LogP contribution in [0, 0.1) is 0 Å². The van der Waals surface area contributed by atoms with Gasteiger partial charge in [-0.25, -0.2) is 0 Å². The number of nitrogens with zero attached hydrogens (tertiary/aromatic N) is 4. The highest BCUT2D eigenvalue weighted by atomic mass is 32.2. The molecule has 3 atom stereocenters. The minimum Gasteiger partial charge on any atom is -0.481 e. The second-order valence-corrected chi connectivity index (χ2v) is 10.8. The Bertz CT molecular complexity index is 1480. The maximum atomic E-state index is 12.3. The Labute approximate surface area is 246 Å². The lowest BCUT2D eigenvalue weighted by Gasteiger charge is -2.36. The number of carbonyl (C=O) groups excluding carboxylic acids is 1. The van der Waals surface area contributed by atoms with E-state index in [9.17, 15) is 14.7 Å². The van der Waals surface area contributed by atoms with Gasteiger partial charge in [-0.1, -0.05) is 66.4 Å². The van der Waals surface area contributed by atoms with Gasteiger partial charge in [-0.2, -0.15) is 4.68 Å². The van der Waals surface area contributed by atoms with E-state index in [0.29, 0.717) is 23.0 Å². The lowest BCUT2D eigenvalue weighted by molar-refractivity contribution is -0.245. The van der Waals surface area contributed by atoms with Crippen LogP contribution in [0.25, 0.3) is 5.69 Å². The highest BCUT2D eigenvalue weighted by Crippen LogP contribution is 2.39. The molecule has 3 aromatic carbocycles. The van der Waals surface area contributed by atoms with Gasteiger partial charge in [0.1, 0.15) is 0 Å². The summed E-state index contributed by atoms with van der Waals surface area (Å²) in [6, 6.07) is 24.6. The van der Waals surface area contributed by atoms with E-state index >= 15 is 0 Å². The summed E-state index contributed by atoms with van der Waals surface area (Å²) in [5.74, 6) is -0.620. The molecule has 4 aromatic rings. The highest BCUT2D eigenvalue weighted by Gasteiger charge is 2.33. The van der Waals surface area contributed by atoms with Crippen molar-refractivity contribution in [2.45, 2.75) is 55.9 Å². The first-order valence-corrected chi connectivity index (χ1v) is 14.6. The predicted octanol–water partition coefficient (Wildman–Crippen LogP) is 4.69. The van der Waals surface area contributed by atoms with Gasteiger partial charge in [0.25, 0.3) is 0 Å². The molecule has 0 aliphatic carbocycles. The SMILES string of the molecule is O=C(O)CCCC(=O)Nc1cccc(C2OC(CSc3nnnn3-c3ccccc3)CC(c3ccc(CO)cc3)O2)c1. The summed E-state index contributed by atoms with van der Waals surface area (Å²) >= 11 is 1.49. The van der Waals surface area contributed by atoms with E-state index in [1.165, 1.54) is 11.8 Å². The Morgan fingerprint density at radius 3 is 2.55 bits per heavy atom. The molecule has 3 unspecified atom stereocenters. The minimum atomic E-state index is -0.929. The van der Waals surface area contributed by atoms with Gasteiger partial charge in [-0.15, -0.1) is 5.10 Å². The Hall–Kier alpha value is -4.10. The normalized spacial score (nSPS) is 18.5. The van der Waals surface area contributed by atoms with Gasteiger partial charge in [0.15, 0.2) is 6.29 Å². The molecule has 0 bridgehead atoms. The fraction of sp³-hybridized carbons (Fsp3) is 0.300. The molecule has 42 heavy (non-hydrogen) atoms. The third kappa shape index (κ3) is 7.79.